The van der Waals surface area contributed by atoms with Crippen LogP contribution in [0.2, 0.25) is 0 Å². The summed E-state index contributed by atoms with van der Waals surface area (Å²) in [4.78, 5) is 13.9. The summed E-state index contributed by atoms with van der Waals surface area (Å²) in [5.74, 6) is 0.238. The second-order valence-corrected chi connectivity index (χ2v) is 1.71. The molecule has 0 fully saturated rings. The van der Waals surface area contributed by atoms with Crippen molar-refractivity contribution in [2.24, 2.45) is 0 Å². The van der Waals surface area contributed by atoms with Crippen LogP contribution in [0.15, 0.2) is 10.8 Å². The van der Waals surface area contributed by atoms with Crippen LogP contribution in [0.4, 0.5) is 0 Å². The zero-order chi connectivity index (χ0) is 7.40. The molecule has 54 valence electrons. The third-order valence-electron chi connectivity index (χ3n) is 1.06. The van der Waals surface area contributed by atoms with Crippen molar-refractivity contribution >= 4 is 6.29 Å². The maximum Gasteiger partial charge on any atom is 0.192 e. The highest BCUT2D eigenvalue weighted by atomic mass is 16.5. The van der Waals surface area contributed by atoms with Crippen LogP contribution in [0.5, 0.6) is 0 Å². The first-order chi connectivity index (χ1) is 4.88. The first kappa shape index (κ1) is 6.95. The highest BCUT2D eigenvalue weighted by Crippen LogP contribution is 2.03. The summed E-state index contributed by atoms with van der Waals surface area (Å²) in [7, 11) is 1.53. The van der Waals surface area contributed by atoms with E-state index >= 15 is 0 Å². The molecule has 0 spiro atoms. The van der Waals surface area contributed by atoms with Gasteiger partial charge in [-0.2, -0.15) is 0 Å². The lowest BCUT2D eigenvalue weighted by Gasteiger charge is -1.90. The molecule has 0 aliphatic rings. The molecule has 1 rings (SSSR count). The van der Waals surface area contributed by atoms with Gasteiger partial charge in [0, 0.05) is 7.11 Å². The number of aromatic nitrogens is 1. The predicted molar refractivity (Wildman–Crippen MR) is 32.6 cm³/mol. The summed E-state index contributed by atoms with van der Waals surface area (Å²) in [6.45, 7) is 0.310. The number of aldehydes is 1. The smallest absolute Gasteiger partial charge is 0.192 e. The summed E-state index contributed by atoms with van der Waals surface area (Å²) >= 11 is 0. The van der Waals surface area contributed by atoms with Crippen molar-refractivity contribution < 1.29 is 13.9 Å². The number of methoxy groups -OCH3 is 1. The molecule has 0 aliphatic carbocycles. The van der Waals surface area contributed by atoms with Gasteiger partial charge in [0.15, 0.2) is 18.4 Å². The van der Waals surface area contributed by atoms with E-state index in [4.69, 9.17) is 9.15 Å². The molecule has 1 aromatic heterocycles. The lowest BCUT2D eigenvalue weighted by Crippen LogP contribution is -1.91. The van der Waals surface area contributed by atoms with Gasteiger partial charge in [-0.15, -0.1) is 0 Å². The van der Waals surface area contributed by atoms with E-state index in [0.29, 0.717) is 18.6 Å². The predicted octanol–water partition coefficient (Wildman–Crippen LogP) is 0.634. The van der Waals surface area contributed by atoms with E-state index in [0.717, 1.165) is 0 Å². The van der Waals surface area contributed by atoms with E-state index in [1.165, 1.54) is 13.5 Å². The molecular weight excluding hydrogens is 134 g/mol. The lowest BCUT2D eigenvalue weighted by molar-refractivity contribution is 0.109. The molecule has 1 heterocycles. The Morgan fingerprint density at radius 3 is 3.30 bits per heavy atom. The highest BCUT2D eigenvalue weighted by Gasteiger charge is 2.04. The minimum Gasteiger partial charge on any atom is -0.440 e. The fourth-order valence-electron chi connectivity index (χ4n) is 0.619. The summed E-state index contributed by atoms with van der Waals surface area (Å²) in [5.41, 5.74) is 0.539. The number of hydrogen-bond donors (Lipinski definition) is 0. The van der Waals surface area contributed by atoms with Crippen molar-refractivity contribution in [1.29, 1.82) is 0 Å². The van der Waals surface area contributed by atoms with E-state index in [9.17, 15) is 4.79 Å². The maximum atomic E-state index is 10.2. The number of carbonyl (C=O) groups excluding carboxylic acids is 1. The normalized spacial score (nSPS) is 9.70. The van der Waals surface area contributed by atoms with Crippen molar-refractivity contribution in [3.63, 3.8) is 0 Å². The number of carbonyl (C=O) groups is 1. The highest BCUT2D eigenvalue weighted by molar-refractivity contribution is 5.71. The number of hydrogen-bond acceptors (Lipinski definition) is 4. The quantitative estimate of drug-likeness (QED) is 0.579. The number of ether oxygens (including phenoxy) is 1. The zero-order valence-corrected chi connectivity index (χ0v) is 5.53. The van der Waals surface area contributed by atoms with Crippen molar-refractivity contribution in [1.82, 2.24) is 4.98 Å². The standard InChI is InChI=1S/C6H7NO3/c1-9-3-5-6(2-8)10-4-7-5/h2,4H,3H2,1H3. The molecule has 0 aliphatic heterocycles. The molecule has 0 atom stereocenters. The van der Waals surface area contributed by atoms with Gasteiger partial charge >= 0.3 is 0 Å². The van der Waals surface area contributed by atoms with Crippen LogP contribution in [0.3, 0.4) is 0 Å². The largest absolute Gasteiger partial charge is 0.440 e. The minimum absolute atomic E-state index is 0.238. The second kappa shape index (κ2) is 3.12. The monoisotopic (exact) mass is 141 g/mol. The van der Waals surface area contributed by atoms with Crippen LogP contribution in [0.1, 0.15) is 16.2 Å². The molecule has 1 aromatic rings. The third-order valence-corrected chi connectivity index (χ3v) is 1.06. The fourth-order valence-corrected chi connectivity index (χ4v) is 0.619. The Labute approximate surface area is 57.8 Å². The molecule has 0 N–H and O–H groups in total. The van der Waals surface area contributed by atoms with Crippen molar-refractivity contribution in [2.45, 2.75) is 6.61 Å². The van der Waals surface area contributed by atoms with E-state index < -0.39 is 0 Å². The first-order valence-electron chi connectivity index (χ1n) is 2.75. The van der Waals surface area contributed by atoms with E-state index in [1.807, 2.05) is 0 Å². The molecule has 0 amide bonds. The van der Waals surface area contributed by atoms with Gasteiger partial charge in [-0.3, -0.25) is 4.79 Å². The fraction of sp³-hybridized carbons (Fsp3) is 0.333. The van der Waals surface area contributed by atoms with Gasteiger partial charge in [-0.1, -0.05) is 0 Å². The van der Waals surface area contributed by atoms with Crippen LogP contribution >= 0.6 is 0 Å². The van der Waals surface area contributed by atoms with Crippen LogP contribution in [0.25, 0.3) is 0 Å². The molecular formula is C6H7NO3. The van der Waals surface area contributed by atoms with Gasteiger partial charge in [0.1, 0.15) is 5.69 Å². The Bertz CT molecular complexity index is 219. The summed E-state index contributed by atoms with van der Waals surface area (Å²) in [6, 6.07) is 0. The first-order valence-corrected chi connectivity index (χ1v) is 2.75. The molecule has 0 radical (unpaired) electrons. The lowest BCUT2D eigenvalue weighted by atomic mass is 10.4. The van der Waals surface area contributed by atoms with Gasteiger partial charge in [0.05, 0.1) is 6.61 Å². The van der Waals surface area contributed by atoms with Crippen LogP contribution in [0, 0.1) is 0 Å². The van der Waals surface area contributed by atoms with Gasteiger partial charge in [0.25, 0.3) is 0 Å². The zero-order valence-electron chi connectivity index (χ0n) is 5.53. The van der Waals surface area contributed by atoms with Gasteiger partial charge in [-0.25, -0.2) is 4.98 Å². The van der Waals surface area contributed by atoms with Crippen LogP contribution in [-0.2, 0) is 11.3 Å². The number of nitrogens with zero attached hydrogens (tertiary/aromatic N) is 1. The molecule has 0 bridgehead atoms. The molecule has 4 nitrogen and oxygen atoms in total. The third kappa shape index (κ3) is 1.22. The SMILES string of the molecule is COCc1ncoc1C=O. The van der Waals surface area contributed by atoms with Crippen molar-refractivity contribution in [3.8, 4) is 0 Å². The molecule has 0 unspecified atom stereocenters. The molecule has 0 saturated carbocycles. The van der Waals surface area contributed by atoms with E-state index in [1.54, 1.807) is 0 Å². The molecule has 0 saturated heterocycles. The molecule has 4 heteroatoms. The summed E-state index contributed by atoms with van der Waals surface area (Å²) in [5, 5.41) is 0. The molecule has 10 heavy (non-hydrogen) atoms. The Balaban J connectivity index is 2.79. The van der Waals surface area contributed by atoms with Crippen LogP contribution in [-0.4, -0.2) is 18.4 Å². The van der Waals surface area contributed by atoms with E-state index in [2.05, 4.69) is 4.98 Å². The molecule has 0 aromatic carbocycles. The Hall–Kier alpha value is -1.16. The number of oxazole rings is 1. The van der Waals surface area contributed by atoms with Crippen molar-refractivity contribution in [3.05, 3.63) is 17.8 Å². The Morgan fingerprint density at radius 1 is 1.90 bits per heavy atom. The average Bonchev–Trinajstić information content (AvgIpc) is 2.36. The summed E-state index contributed by atoms with van der Waals surface area (Å²) < 4.78 is 9.45. The number of rotatable bonds is 3. The second-order valence-electron chi connectivity index (χ2n) is 1.71. The van der Waals surface area contributed by atoms with E-state index in [-0.39, 0.29) is 5.76 Å². The van der Waals surface area contributed by atoms with Crippen LogP contribution < -0.4 is 0 Å². The minimum atomic E-state index is 0.238. The maximum absolute atomic E-state index is 10.2. The van der Waals surface area contributed by atoms with Gasteiger partial charge in [-0.05, 0) is 0 Å². The van der Waals surface area contributed by atoms with Crippen molar-refractivity contribution in [2.75, 3.05) is 7.11 Å². The Kier molecular flexibility index (Phi) is 2.17. The average molecular weight is 141 g/mol. The van der Waals surface area contributed by atoms with Gasteiger partial charge in [0.2, 0.25) is 0 Å². The summed E-state index contributed by atoms with van der Waals surface area (Å²) in [6.07, 6.45) is 1.83. The topological polar surface area (TPSA) is 52.3 Å². The Morgan fingerprint density at radius 2 is 2.70 bits per heavy atom. The van der Waals surface area contributed by atoms with Gasteiger partial charge < -0.3 is 9.15 Å².